The van der Waals surface area contributed by atoms with Crippen LogP contribution < -0.4 is 0 Å². The summed E-state index contributed by atoms with van der Waals surface area (Å²) in [7, 11) is 1.42. The summed E-state index contributed by atoms with van der Waals surface area (Å²) in [6.07, 6.45) is 5.42. The van der Waals surface area contributed by atoms with Crippen molar-refractivity contribution in [3.8, 4) is 0 Å². The fourth-order valence-corrected chi connectivity index (χ4v) is 3.27. The largest absolute Gasteiger partial charge is 0.469 e. The Hall–Kier alpha value is -1.97. The molecule has 1 saturated carbocycles. The molecule has 1 aromatic rings. The van der Waals surface area contributed by atoms with Gasteiger partial charge in [0.1, 0.15) is 0 Å². The molecular formula is C17H20O5. The van der Waals surface area contributed by atoms with E-state index in [4.69, 9.17) is 14.3 Å². The smallest absolute Gasteiger partial charge is 0.373 e. The molecule has 22 heavy (non-hydrogen) atoms. The summed E-state index contributed by atoms with van der Waals surface area (Å²) < 4.78 is 10.8. The second kappa shape index (κ2) is 7.34. The minimum absolute atomic E-state index is 0.0570. The van der Waals surface area contributed by atoms with Crippen LogP contribution in [0.2, 0.25) is 0 Å². The lowest BCUT2D eigenvalue weighted by Crippen LogP contribution is -2.42. The van der Waals surface area contributed by atoms with Gasteiger partial charge in [-0.15, -0.1) is 0 Å². The summed E-state index contributed by atoms with van der Waals surface area (Å²) in [6, 6.07) is 8.27. The van der Waals surface area contributed by atoms with Crippen LogP contribution in [-0.2, 0) is 35.9 Å². The lowest BCUT2D eigenvalue weighted by Gasteiger charge is -2.46. The summed E-state index contributed by atoms with van der Waals surface area (Å²) in [6.45, 7) is 0.907. The topological polar surface area (TPSA) is 69.7 Å². The molecule has 3 fully saturated rings. The minimum atomic E-state index is -0.194. The van der Waals surface area contributed by atoms with Gasteiger partial charge in [-0.1, -0.05) is 24.3 Å². The Kier molecular flexibility index (Phi) is 5.47. The normalized spacial score (nSPS) is 25.6. The number of rotatable bonds is 3. The highest BCUT2D eigenvalue weighted by molar-refractivity contribution is 5.72. The summed E-state index contributed by atoms with van der Waals surface area (Å²) in [5.74, 6) is 0.584. The van der Waals surface area contributed by atoms with Crippen molar-refractivity contribution in [1.82, 2.24) is 0 Å². The number of benzene rings is 1. The van der Waals surface area contributed by atoms with E-state index in [2.05, 4.69) is 16.9 Å². The first-order valence-corrected chi connectivity index (χ1v) is 7.43. The van der Waals surface area contributed by atoms with E-state index in [0.717, 1.165) is 30.9 Å². The Morgan fingerprint density at radius 2 is 1.86 bits per heavy atom. The summed E-state index contributed by atoms with van der Waals surface area (Å²) >= 11 is 0. The van der Waals surface area contributed by atoms with Gasteiger partial charge in [0, 0.05) is 0 Å². The Bertz CT molecular complexity index is 521. The molecular weight excluding hydrogens is 284 g/mol. The molecule has 3 aliphatic rings. The molecule has 2 bridgehead atoms. The van der Waals surface area contributed by atoms with Gasteiger partial charge in [-0.25, -0.2) is 0 Å². The van der Waals surface area contributed by atoms with Crippen LogP contribution in [0.4, 0.5) is 0 Å². The average molecular weight is 304 g/mol. The molecule has 0 aromatic heterocycles. The highest BCUT2D eigenvalue weighted by Crippen LogP contribution is 2.47. The number of carbonyl (C=O) groups excluding carboxylic acids is 3. The zero-order valence-corrected chi connectivity index (χ0v) is 12.7. The van der Waals surface area contributed by atoms with Crippen LogP contribution >= 0.6 is 0 Å². The fourth-order valence-electron chi connectivity index (χ4n) is 3.27. The zero-order chi connectivity index (χ0) is 16.0. The van der Waals surface area contributed by atoms with Gasteiger partial charge in [0.2, 0.25) is 0 Å². The number of fused-ring (bicyclic) bond motifs is 3. The maximum Gasteiger partial charge on any atom is 0.373 e. The van der Waals surface area contributed by atoms with Gasteiger partial charge in [0.15, 0.2) is 0 Å². The van der Waals surface area contributed by atoms with E-state index < -0.39 is 0 Å². The highest BCUT2D eigenvalue weighted by atomic mass is 16.5. The number of esters is 1. The van der Waals surface area contributed by atoms with Crippen molar-refractivity contribution in [2.75, 3.05) is 13.7 Å². The highest BCUT2D eigenvalue weighted by Gasteiger charge is 2.42. The van der Waals surface area contributed by atoms with Gasteiger partial charge >= 0.3 is 12.1 Å². The van der Waals surface area contributed by atoms with Crippen LogP contribution in [-0.4, -0.2) is 25.8 Å². The Balaban J connectivity index is 0.000000545. The number of ether oxygens (including phenoxy) is 2. The predicted octanol–water partition coefficient (Wildman–Crippen LogP) is 2.23. The quantitative estimate of drug-likeness (QED) is 0.801. The van der Waals surface area contributed by atoms with E-state index in [1.807, 2.05) is 12.1 Å². The number of hydrogen-bond acceptors (Lipinski definition) is 5. The Labute approximate surface area is 129 Å². The molecule has 1 aliphatic carbocycles. The van der Waals surface area contributed by atoms with Crippen molar-refractivity contribution in [3.05, 3.63) is 35.4 Å². The minimum Gasteiger partial charge on any atom is -0.469 e. The van der Waals surface area contributed by atoms with Gasteiger partial charge in [0.05, 0.1) is 25.7 Å². The van der Waals surface area contributed by atoms with E-state index in [1.54, 1.807) is 0 Å². The van der Waals surface area contributed by atoms with Crippen molar-refractivity contribution in [1.29, 1.82) is 0 Å². The predicted molar refractivity (Wildman–Crippen MR) is 76.8 cm³/mol. The third-order valence-electron chi connectivity index (χ3n) is 4.56. The monoisotopic (exact) mass is 304 g/mol. The molecule has 118 valence electrons. The van der Waals surface area contributed by atoms with Crippen LogP contribution in [0.25, 0.3) is 0 Å². The summed E-state index contributed by atoms with van der Waals surface area (Å²) in [5, 5.41) is 0. The molecule has 5 heteroatoms. The zero-order valence-electron chi connectivity index (χ0n) is 12.7. The lowest BCUT2D eigenvalue weighted by atomic mass is 9.72. The average Bonchev–Trinajstić information content (AvgIpc) is 2.58. The van der Waals surface area contributed by atoms with Crippen molar-refractivity contribution in [2.24, 2.45) is 5.92 Å². The van der Waals surface area contributed by atoms with Crippen molar-refractivity contribution in [2.45, 2.75) is 37.7 Å². The van der Waals surface area contributed by atoms with Crippen LogP contribution in [0.3, 0.4) is 0 Å². The second-order valence-corrected chi connectivity index (χ2v) is 5.78. The first-order valence-electron chi connectivity index (χ1n) is 7.43. The fraction of sp³-hybridized carbons (Fsp3) is 0.529. The molecule has 0 spiro atoms. The van der Waals surface area contributed by atoms with E-state index in [1.165, 1.54) is 25.5 Å². The van der Waals surface area contributed by atoms with Crippen LogP contribution in [0.1, 0.15) is 36.8 Å². The van der Waals surface area contributed by atoms with Gasteiger partial charge in [0.25, 0.3) is 0 Å². The second-order valence-electron chi connectivity index (χ2n) is 5.78. The number of hydrogen-bond donors (Lipinski definition) is 0. The third kappa shape index (κ3) is 3.62. The standard InChI is InChI=1S/C16H20O3.CO2/c1-18-15(17)10-12-2-4-14(5-3-12)16-8-6-13(7-9-16)11-19-16;2-1-3/h2-5,13H,6-11H2,1H3;. The third-order valence-corrected chi connectivity index (χ3v) is 4.56. The first kappa shape index (κ1) is 16.4. The van der Waals surface area contributed by atoms with Crippen molar-refractivity contribution in [3.63, 3.8) is 0 Å². The van der Waals surface area contributed by atoms with Gasteiger partial charge < -0.3 is 9.47 Å². The number of methoxy groups -OCH3 is 1. The van der Waals surface area contributed by atoms with Crippen LogP contribution in [0.15, 0.2) is 24.3 Å². The molecule has 0 atom stereocenters. The van der Waals surface area contributed by atoms with Crippen molar-refractivity contribution < 1.29 is 23.9 Å². The van der Waals surface area contributed by atoms with E-state index >= 15 is 0 Å². The Morgan fingerprint density at radius 1 is 1.27 bits per heavy atom. The van der Waals surface area contributed by atoms with Gasteiger partial charge in [-0.2, -0.15) is 9.59 Å². The van der Waals surface area contributed by atoms with E-state index in [0.29, 0.717) is 6.42 Å². The summed E-state index contributed by atoms with van der Waals surface area (Å²) in [4.78, 5) is 27.5. The maximum atomic E-state index is 11.2. The molecule has 0 unspecified atom stereocenters. The molecule has 0 N–H and O–H groups in total. The Morgan fingerprint density at radius 3 is 2.32 bits per heavy atom. The van der Waals surface area contributed by atoms with Crippen LogP contribution in [0, 0.1) is 5.92 Å². The SMILES string of the molecule is COC(=O)Cc1ccc(C23CCC(CC2)CO3)cc1.O=C=O. The first-order chi connectivity index (χ1) is 10.6. The van der Waals surface area contributed by atoms with E-state index in [-0.39, 0.29) is 17.7 Å². The van der Waals surface area contributed by atoms with Gasteiger partial charge in [-0.05, 0) is 42.7 Å². The number of carbonyl (C=O) groups is 1. The molecule has 4 rings (SSSR count). The molecule has 0 amide bonds. The molecule has 5 nitrogen and oxygen atoms in total. The molecule has 0 radical (unpaired) electrons. The molecule has 2 saturated heterocycles. The van der Waals surface area contributed by atoms with E-state index in [9.17, 15) is 4.79 Å². The maximum absolute atomic E-state index is 11.2. The lowest BCUT2D eigenvalue weighted by molar-refractivity contribution is -0.191. The molecule has 1 aromatic carbocycles. The van der Waals surface area contributed by atoms with Crippen LogP contribution in [0.5, 0.6) is 0 Å². The molecule has 2 heterocycles. The summed E-state index contributed by atoms with van der Waals surface area (Å²) in [5.41, 5.74) is 2.20. The molecule has 2 aliphatic heterocycles. The van der Waals surface area contributed by atoms with Crippen molar-refractivity contribution >= 4 is 12.1 Å². The van der Waals surface area contributed by atoms with Gasteiger partial charge in [-0.3, -0.25) is 4.79 Å².